The number of halogens is 1. The molecule has 4 nitrogen and oxygen atoms in total. The number of hydrogen-bond donors (Lipinski definition) is 0. The normalized spacial score (nSPS) is 10.5. The van der Waals surface area contributed by atoms with Crippen LogP contribution in [0.3, 0.4) is 0 Å². The number of nitrogens with zero attached hydrogens (tertiary/aromatic N) is 4. The highest BCUT2D eigenvalue weighted by molar-refractivity contribution is 6.30. The summed E-state index contributed by atoms with van der Waals surface area (Å²) in [5, 5.41) is 4.71. The molecule has 2 rings (SSSR count). The van der Waals surface area contributed by atoms with E-state index >= 15 is 0 Å². The molecule has 0 aliphatic rings. The quantitative estimate of drug-likeness (QED) is 0.673. The standard InChI is InChI=1S/C9H9ClN4/c1-6-3-4-14(13-6)9-7(2)8(10)11-5-12-9/h3-5H,1-2H3. The molecule has 2 heterocycles. The predicted molar refractivity (Wildman–Crippen MR) is 53.6 cm³/mol. The van der Waals surface area contributed by atoms with Crippen LogP contribution in [0, 0.1) is 13.8 Å². The topological polar surface area (TPSA) is 43.6 Å². The molecule has 0 unspecified atom stereocenters. The van der Waals surface area contributed by atoms with Crippen molar-refractivity contribution >= 4 is 11.6 Å². The fraction of sp³-hybridized carbons (Fsp3) is 0.222. The minimum atomic E-state index is 0.461. The fourth-order valence-corrected chi connectivity index (χ4v) is 1.31. The predicted octanol–water partition coefficient (Wildman–Crippen LogP) is 1.93. The Labute approximate surface area is 86.6 Å². The first-order valence-corrected chi connectivity index (χ1v) is 4.56. The van der Waals surface area contributed by atoms with Gasteiger partial charge in [-0.25, -0.2) is 14.6 Å². The Morgan fingerprint density at radius 2 is 2.07 bits per heavy atom. The fourth-order valence-electron chi connectivity index (χ4n) is 1.18. The molecular formula is C9H9ClN4. The molecule has 0 aliphatic carbocycles. The van der Waals surface area contributed by atoms with Gasteiger partial charge in [0.25, 0.3) is 0 Å². The van der Waals surface area contributed by atoms with Crippen molar-refractivity contribution in [3.8, 4) is 5.82 Å². The summed E-state index contributed by atoms with van der Waals surface area (Å²) >= 11 is 5.88. The van der Waals surface area contributed by atoms with Crippen LogP contribution in [0.4, 0.5) is 0 Å². The van der Waals surface area contributed by atoms with Gasteiger partial charge in [-0.1, -0.05) is 11.6 Å². The van der Waals surface area contributed by atoms with E-state index in [9.17, 15) is 0 Å². The minimum Gasteiger partial charge on any atom is -0.224 e. The Bertz CT molecular complexity index is 464. The summed E-state index contributed by atoms with van der Waals surface area (Å²) in [6.07, 6.45) is 3.28. The summed E-state index contributed by atoms with van der Waals surface area (Å²) < 4.78 is 1.69. The molecule has 0 radical (unpaired) electrons. The van der Waals surface area contributed by atoms with Crippen LogP contribution in [0.1, 0.15) is 11.3 Å². The zero-order chi connectivity index (χ0) is 10.1. The highest BCUT2D eigenvalue weighted by atomic mass is 35.5. The number of aromatic nitrogens is 4. The second-order valence-electron chi connectivity index (χ2n) is 3.01. The van der Waals surface area contributed by atoms with Gasteiger partial charge in [-0.2, -0.15) is 5.10 Å². The summed E-state index contributed by atoms with van der Waals surface area (Å²) in [7, 11) is 0. The summed E-state index contributed by atoms with van der Waals surface area (Å²) in [6, 6.07) is 1.91. The molecule has 0 fully saturated rings. The molecule has 0 atom stereocenters. The third-order valence-corrected chi connectivity index (χ3v) is 2.32. The van der Waals surface area contributed by atoms with E-state index in [0.717, 1.165) is 17.1 Å². The molecule has 0 N–H and O–H groups in total. The third-order valence-electron chi connectivity index (χ3n) is 1.94. The van der Waals surface area contributed by atoms with Crippen molar-refractivity contribution in [3.63, 3.8) is 0 Å². The zero-order valence-electron chi connectivity index (χ0n) is 7.90. The van der Waals surface area contributed by atoms with Crippen molar-refractivity contribution < 1.29 is 0 Å². The lowest BCUT2D eigenvalue weighted by molar-refractivity contribution is 0.816. The number of hydrogen-bond acceptors (Lipinski definition) is 3. The van der Waals surface area contributed by atoms with Crippen molar-refractivity contribution in [2.24, 2.45) is 0 Å². The molecule has 0 amide bonds. The van der Waals surface area contributed by atoms with Gasteiger partial charge in [0.15, 0.2) is 5.82 Å². The molecule has 0 aromatic carbocycles. The summed E-state index contributed by atoms with van der Waals surface area (Å²) in [4.78, 5) is 8.01. The van der Waals surface area contributed by atoms with Crippen LogP contribution in [0.2, 0.25) is 5.15 Å². The Kier molecular flexibility index (Phi) is 2.21. The van der Waals surface area contributed by atoms with E-state index in [1.165, 1.54) is 6.33 Å². The first-order chi connectivity index (χ1) is 6.68. The number of aryl methyl sites for hydroxylation is 1. The van der Waals surface area contributed by atoms with E-state index in [4.69, 9.17) is 11.6 Å². The van der Waals surface area contributed by atoms with Gasteiger partial charge in [0, 0.05) is 11.8 Å². The molecular weight excluding hydrogens is 200 g/mol. The monoisotopic (exact) mass is 208 g/mol. The van der Waals surface area contributed by atoms with E-state index in [-0.39, 0.29) is 0 Å². The van der Waals surface area contributed by atoms with Gasteiger partial charge >= 0.3 is 0 Å². The van der Waals surface area contributed by atoms with Crippen LogP contribution in [0.5, 0.6) is 0 Å². The maximum Gasteiger partial charge on any atom is 0.161 e. The molecule has 72 valence electrons. The average molecular weight is 209 g/mol. The van der Waals surface area contributed by atoms with Gasteiger partial charge in [0.1, 0.15) is 11.5 Å². The molecule has 5 heteroatoms. The van der Waals surface area contributed by atoms with Gasteiger partial charge in [0.05, 0.1) is 5.69 Å². The summed E-state index contributed by atoms with van der Waals surface area (Å²) in [5.74, 6) is 0.720. The van der Waals surface area contributed by atoms with Crippen molar-refractivity contribution in [3.05, 3.63) is 35.0 Å². The molecule has 14 heavy (non-hydrogen) atoms. The largest absolute Gasteiger partial charge is 0.224 e. The van der Waals surface area contributed by atoms with Crippen LogP contribution in [-0.2, 0) is 0 Å². The lowest BCUT2D eigenvalue weighted by Gasteiger charge is -2.04. The molecule has 0 saturated heterocycles. The molecule has 0 aliphatic heterocycles. The smallest absolute Gasteiger partial charge is 0.161 e. The van der Waals surface area contributed by atoms with Crippen molar-refractivity contribution in [1.29, 1.82) is 0 Å². The van der Waals surface area contributed by atoms with Crippen LogP contribution < -0.4 is 0 Å². The van der Waals surface area contributed by atoms with Crippen LogP contribution in [0.25, 0.3) is 5.82 Å². The summed E-state index contributed by atoms with van der Waals surface area (Å²) in [6.45, 7) is 3.79. The third kappa shape index (κ3) is 1.48. The van der Waals surface area contributed by atoms with E-state index in [0.29, 0.717) is 5.15 Å². The zero-order valence-corrected chi connectivity index (χ0v) is 8.65. The lowest BCUT2D eigenvalue weighted by Crippen LogP contribution is -2.02. The highest BCUT2D eigenvalue weighted by Gasteiger charge is 2.07. The number of rotatable bonds is 1. The van der Waals surface area contributed by atoms with Crippen molar-refractivity contribution in [1.82, 2.24) is 19.7 Å². The highest BCUT2D eigenvalue weighted by Crippen LogP contribution is 2.16. The molecule has 2 aromatic rings. The second-order valence-corrected chi connectivity index (χ2v) is 3.37. The van der Waals surface area contributed by atoms with Crippen LogP contribution in [0.15, 0.2) is 18.6 Å². The van der Waals surface area contributed by atoms with Gasteiger partial charge in [-0.3, -0.25) is 0 Å². The first-order valence-electron chi connectivity index (χ1n) is 4.18. The maximum absolute atomic E-state index is 5.88. The van der Waals surface area contributed by atoms with Gasteiger partial charge < -0.3 is 0 Å². The van der Waals surface area contributed by atoms with Crippen molar-refractivity contribution in [2.75, 3.05) is 0 Å². The molecule has 0 spiro atoms. The minimum absolute atomic E-state index is 0.461. The second kappa shape index (κ2) is 3.38. The SMILES string of the molecule is Cc1ccn(-c2ncnc(Cl)c2C)n1. The average Bonchev–Trinajstić information content (AvgIpc) is 2.57. The summed E-state index contributed by atoms with van der Waals surface area (Å²) in [5.41, 5.74) is 1.77. The van der Waals surface area contributed by atoms with E-state index in [2.05, 4.69) is 15.1 Å². The van der Waals surface area contributed by atoms with E-state index in [1.54, 1.807) is 4.68 Å². The molecule has 0 saturated carbocycles. The first kappa shape index (κ1) is 9.15. The Morgan fingerprint density at radius 1 is 1.29 bits per heavy atom. The van der Waals surface area contributed by atoms with Crippen LogP contribution in [-0.4, -0.2) is 19.7 Å². The van der Waals surface area contributed by atoms with Gasteiger partial charge in [-0.15, -0.1) is 0 Å². The van der Waals surface area contributed by atoms with E-state index < -0.39 is 0 Å². The lowest BCUT2D eigenvalue weighted by atomic mass is 10.3. The van der Waals surface area contributed by atoms with E-state index in [1.807, 2.05) is 26.1 Å². The molecule has 2 aromatic heterocycles. The van der Waals surface area contributed by atoms with Gasteiger partial charge in [0.2, 0.25) is 0 Å². The van der Waals surface area contributed by atoms with Crippen LogP contribution >= 0.6 is 11.6 Å². The van der Waals surface area contributed by atoms with Crippen molar-refractivity contribution in [2.45, 2.75) is 13.8 Å². The maximum atomic E-state index is 5.88. The Balaban J connectivity index is 2.57. The van der Waals surface area contributed by atoms with Gasteiger partial charge in [-0.05, 0) is 19.9 Å². The Hall–Kier alpha value is -1.42. The molecule has 0 bridgehead atoms. The Morgan fingerprint density at radius 3 is 2.71 bits per heavy atom.